The Bertz CT molecular complexity index is 1010. The van der Waals surface area contributed by atoms with Gasteiger partial charge in [-0.2, -0.15) is 0 Å². The Morgan fingerprint density at radius 3 is 1.27 bits per heavy atom. The lowest BCUT2D eigenvalue weighted by Gasteiger charge is -1.92. The van der Waals surface area contributed by atoms with Gasteiger partial charge in [-0.1, -0.05) is 23.2 Å². The largest absolute Gasteiger partial charge is 0.409 e. The van der Waals surface area contributed by atoms with Gasteiger partial charge in [-0.05, 0) is 73.0 Å². The van der Waals surface area contributed by atoms with E-state index in [1.807, 2.05) is 24.3 Å². The number of benzene rings is 2. The van der Waals surface area contributed by atoms with Crippen molar-refractivity contribution in [2.75, 3.05) is 0 Å². The first-order valence-electron chi connectivity index (χ1n) is 7.14. The number of aromatic amines is 2. The number of H-pyrrole nitrogens is 2. The molecule has 2 aromatic carbocycles. The number of nitrogens with zero attached hydrogens (tertiary/aromatic N) is 2. The van der Waals surface area contributed by atoms with E-state index in [1.54, 1.807) is 24.3 Å². The molecule has 132 valence electrons. The van der Waals surface area contributed by atoms with Crippen LogP contribution in [0.4, 0.5) is 0 Å². The minimum Gasteiger partial charge on any atom is -0.409 e. The average molecular weight is 425 g/mol. The van der Waals surface area contributed by atoms with E-state index in [4.69, 9.17) is 56.5 Å². The summed E-state index contributed by atoms with van der Waals surface area (Å²) in [6.07, 6.45) is 0. The third-order valence-electron chi connectivity index (χ3n) is 3.06. The molecule has 2 heterocycles. The quantitative estimate of drug-likeness (QED) is 0.377. The maximum absolute atomic E-state index is 5.72. The third kappa shape index (κ3) is 4.89. The van der Waals surface area contributed by atoms with Crippen LogP contribution in [0.2, 0.25) is 10.0 Å². The maximum atomic E-state index is 5.72. The second-order valence-corrected chi connectivity index (χ2v) is 6.46. The molecule has 0 bridgehead atoms. The predicted octanol–water partition coefficient (Wildman–Crippen LogP) is 6.11. The molecule has 0 radical (unpaired) electrons. The second kappa shape index (κ2) is 8.41. The van der Waals surface area contributed by atoms with E-state index < -0.39 is 0 Å². The molecule has 0 aliphatic rings. The number of halogens is 2. The molecule has 4 rings (SSSR count). The van der Waals surface area contributed by atoms with Gasteiger partial charge in [0.2, 0.25) is 11.8 Å². The molecule has 0 saturated carbocycles. The van der Waals surface area contributed by atoms with Crippen molar-refractivity contribution in [2.24, 2.45) is 0 Å². The molecule has 10 heteroatoms. The van der Waals surface area contributed by atoms with Gasteiger partial charge in [0, 0.05) is 21.2 Å². The Balaban J connectivity index is 0.000000151. The number of rotatable bonds is 2. The van der Waals surface area contributed by atoms with Gasteiger partial charge in [-0.15, -0.1) is 10.2 Å². The van der Waals surface area contributed by atoms with Crippen LogP contribution in [-0.4, -0.2) is 20.4 Å². The summed E-state index contributed by atoms with van der Waals surface area (Å²) in [6.45, 7) is 0. The van der Waals surface area contributed by atoms with Gasteiger partial charge in [0.15, 0.2) is 0 Å². The van der Waals surface area contributed by atoms with Crippen LogP contribution in [0.1, 0.15) is 0 Å². The van der Waals surface area contributed by atoms with Crippen LogP contribution in [0, 0.1) is 9.67 Å². The Morgan fingerprint density at radius 1 is 0.654 bits per heavy atom. The molecule has 0 fully saturated rings. The first-order valence-corrected chi connectivity index (χ1v) is 8.71. The minimum atomic E-state index is 0.268. The molecule has 0 saturated heterocycles. The molecule has 6 nitrogen and oxygen atoms in total. The zero-order chi connectivity index (χ0) is 18.5. The SMILES string of the molecule is S=c1[nH]nc(-c2ccc(Cl)cc2)o1.S=c1[nH]nc(-c2ccc(Cl)cc2)o1. The van der Waals surface area contributed by atoms with Crippen LogP contribution in [0.15, 0.2) is 57.4 Å². The molecule has 0 unspecified atom stereocenters. The lowest BCUT2D eigenvalue weighted by molar-refractivity contribution is 0.551. The lowest BCUT2D eigenvalue weighted by atomic mass is 10.2. The van der Waals surface area contributed by atoms with Crippen LogP contribution in [0.3, 0.4) is 0 Å². The molecular weight excluding hydrogens is 415 g/mol. The van der Waals surface area contributed by atoms with Gasteiger partial charge in [-0.3, -0.25) is 0 Å². The summed E-state index contributed by atoms with van der Waals surface area (Å²) in [5.41, 5.74) is 1.69. The van der Waals surface area contributed by atoms with E-state index in [-0.39, 0.29) is 9.67 Å². The molecule has 0 amide bonds. The molecule has 0 spiro atoms. The Labute approximate surface area is 167 Å². The molecule has 4 aromatic rings. The number of hydrogen-bond acceptors (Lipinski definition) is 6. The van der Waals surface area contributed by atoms with Gasteiger partial charge in [-0.25, -0.2) is 10.2 Å². The first-order chi connectivity index (χ1) is 12.5. The van der Waals surface area contributed by atoms with E-state index >= 15 is 0 Å². The smallest absolute Gasteiger partial charge is 0.284 e. The molecule has 26 heavy (non-hydrogen) atoms. The fourth-order valence-electron chi connectivity index (χ4n) is 1.89. The highest BCUT2D eigenvalue weighted by molar-refractivity contribution is 7.71. The van der Waals surface area contributed by atoms with Crippen molar-refractivity contribution in [1.82, 2.24) is 20.4 Å². The minimum absolute atomic E-state index is 0.268. The summed E-state index contributed by atoms with van der Waals surface area (Å²) in [6, 6.07) is 14.3. The van der Waals surface area contributed by atoms with Crippen molar-refractivity contribution in [1.29, 1.82) is 0 Å². The molecule has 0 atom stereocenters. The van der Waals surface area contributed by atoms with Crippen LogP contribution in [-0.2, 0) is 0 Å². The predicted molar refractivity (Wildman–Crippen MR) is 104 cm³/mol. The van der Waals surface area contributed by atoms with Crippen molar-refractivity contribution < 1.29 is 8.83 Å². The van der Waals surface area contributed by atoms with Crippen LogP contribution < -0.4 is 0 Å². The number of aromatic nitrogens is 4. The highest BCUT2D eigenvalue weighted by atomic mass is 35.5. The van der Waals surface area contributed by atoms with Gasteiger partial charge >= 0.3 is 0 Å². The van der Waals surface area contributed by atoms with Crippen LogP contribution in [0.5, 0.6) is 0 Å². The molecule has 2 aromatic heterocycles. The van der Waals surface area contributed by atoms with Gasteiger partial charge in [0.1, 0.15) is 0 Å². The van der Waals surface area contributed by atoms with Gasteiger partial charge in [0.05, 0.1) is 0 Å². The lowest BCUT2D eigenvalue weighted by Crippen LogP contribution is -1.76. The Kier molecular flexibility index (Phi) is 6.00. The average Bonchev–Trinajstić information content (AvgIpc) is 3.25. The van der Waals surface area contributed by atoms with E-state index in [0.717, 1.165) is 11.1 Å². The van der Waals surface area contributed by atoms with Crippen molar-refractivity contribution in [3.63, 3.8) is 0 Å². The molecule has 0 aliphatic carbocycles. The van der Waals surface area contributed by atoms with Gasteiger partial charge in [0.25, 0.3) is 9.67 Å². The topological polar surface area (TPSA) is 83.6 Å². The highest BCUT2D eigenvalue weighted by Gasteiger charge is 2.03. The normalized spacial score (nSPS) is 10.2. The summed E-state index contributed by atoms with van der Waals surface area (Å²) in [5, 5.41) is 14.2. The standard InChI is InChI=1S/2C8H5ClN2OS/c2*9-6-3-1-5(2-4-6)7-10-11-8(13)12-7/h2*1-4H,(H,11,13). The van der Waals surface area contributed by atoms with Crippen molar-refractivity contribution in [3.05, 3.63) is 68.3 Å². The van der Waals surface area contributed by atoms with E-state index in [2.05, 4.69) is 20.4 Å². The summed E-state index contributed by atoms with van der Waals surface area (Å²) in [4.78, 5) is 0.537. The monoisotopic (exact) mass is 424 g/mol. The zero-order valence-corrected chi connectivity index (χ0v) is 16.0. The molecular formula is C16H10Cl2N4O2S2. The van der Waals surface area contributed by atoms with Crippen LogP contribution in [0.25, 0.3) is 22.9 Å². The first kappa shape index (κ1) is 18.5. The Hall–Kier alpha value is -2.26. The van der Waals surface area contributed by atoms with E-state index in [0.29, 0.717) is 21.8 Å². The summed E-state index contributed by atoms with van der Waals surface area (Å²) >= 11 is 20.9. The maximum Gasteiger partial charge on any atom is 0.284 e. The fourth-order valence-corrected chi connectivity index (χ4v) is 2.39. The van der Waals surface area contributed by atoms with Crippen molar-refractivity contribution in [2.45, 2.75) is 0 Å². The zero-order valence-electron chi connectivity index (χ0n) is 12.9. The fraction of sp³-hybridized carbons (Fsp3) is 0. The molecule has 0 aliphatic heterocycles. The second-order valence-electron chi connectivity index (χ2n) is 4.85. The summed E-state index contributed by atoms with van der Waals surface area (Å²) < 4.78 is 10.2. The number of nitrogens with one attached hydrogen (secondary N) is 2. The van der Waals surface area contributed by atoms with E-state index in [1.165, 1.54) is 0 Å². The summed E-state index contributed by atoms with van der Waals surface area (Å²) in [5.74, 6) is 0.948. The van der Waals surface area contributed by atoms with Crippen LogP contribution >= 0.6 is 47.6 Å². The third-order valence-corrected chi connectivity index (χ3v) is 3.91. The number of hydrogen-bond donors (Lipinski definition) is 2. The van der Waals surface area contributed by atoms with Crippen molar-refractivity contribution >= 4 is 47.6 Å². The highest BCUT2D eigenvalue weighted by Crippen LogP contribution is 2.19. The van der Waals surface area contributed by atoms with Gasteiger partial charge < -0.3 is 8.83 Å². The Morgan fingerprint density at radius 2 is 1.00 bits per heavy atom. The van der Waals surface area contributed by atoms with E-state index in [9.17, 15) is 0 Å². The van der Waals surface area contributed by atoms with Crippen molar-refractivity contribution in [3.8, 4) is 22.9 Å². The molecule has 2 N–H and O–H groups in total. The summed E-state index contributed by atoms with van der Waals surface area (Å²) in [7, 11) is 0.